The van der Waals surface area contributed by atoms with Crippen LogP contribution in [0.4, 0.5) is 0 Å². The van der Waals surface area contributed by atoms with E-state index in [9.17, 15) is 0 Å². The Morgan fingerprint density at radius 2 is 1.37 bits per heavy atom. The Labute approximate surface area is 125 Å². The topological polar surface area (TPSA) is 12.4 Å². The van der Waals surface area contributed by atoms with Crippen molar-refractivity contribution in [1.29, 1.82) is 0 Å². The molecule has 0 atom stereocenters. The molecular formula is C17H33NSn. The quantitative estimate of drug-likeness (QED) is 0.222. The van der Waals surface area contributed by atoms with E-state index in [1.165, 1.54) is 55.5 Å². The van der Waals surface area contributed by atoms with Crippen LogP contribution in [0.25, 0.3) is 0 Å². The summed E-state index contributed by atoms with van der Waals surface area (Å²) in [5, 5.41) is 0. The zero-order valence-electron chi connectivity index (χ0n) is 13.4. The summed E-state index contributed by atoms with van der Waals surface area (Å²) in [6.45, 7) is 14.6. The van der Waals surface area contributed by atoms with E-state index in [4.69, 9.17) is 0 Å². The SMILES string of the molecule is C=C/C=[C](\N=C)[Sn]([CH2]CCC)([CH2]CCC)[CH2]CCC. The van der Waals surface area contributed by atoms with Gasteiger partial charge in [0.1, 0.15) is 0 Å². The van der Waals surface area contributed by atoms with Gasteiger partial charge in [-0.2, -0.15) is 0 Å². The first-order chi connectivity index (χ1) is 9.20. The van der Waals surface area contributed by atoms with Crippen LogP contribution in [0, 0.1) is 0 Å². The van der Waals surface area contributed by atoms with E-state index in [-0.39, 0.29) is 0 Å². The second-order valence-corrected chi connectivity index (χ2v) is 18.6. The van der Waals surface area contributed by atoms with Crippen LogP contribution < -0.4 is 0 Å². The number of aliphatic imine (C=N–C) groups is 1. The summed E-state index contributed by atoms with van der Waals surface area (Å²) in [4.78, 5) is 4.44. The van der Waals surface area contributed by atoms with Crippen LogP contribution >= 0.6 is 0 Å². The average Bonchev–Trinajstić information content (AvgIpc) is 2.44. The Morgan fingerprint density at radius 3 is 1.63 bits per heavy atom. The van der Waals surface area contributed by atoms with E-state index in [0.29, 0.717) is 0 Å². The van der Waals surface area contributed by atoms with Gasteiger partial charge in [0.25, 0.3) is 0 Å². The van der Waals surface area contributed by atoms with Crippen molar-refractivity contribution in [3.63, 3.8) is 0 Å². The molecule has 0 saturated carbocycles. The molecule has 0 bridgehead atoms. The summed E-state index contributed by atoms with van der Waals surface area (Å²) < 4.78 is 5.72. The Balaban J connectivity index is 5.21. The molecule has 0 saturated heterocycles. The van der Waals surface area contributed by atoms with E-state index in [1.54, 1.807) is 0 Å². The van der Waals surface area contributed by atoms with Crippen molar-refractivity contribution in [2.75, 3.05) is 0 Å². The third-order valence-electron chi connectivity index (χ3n) is 4.02. The monoisotopic (exact) mass is 371 g/mol. The van der Waals surface area contributed by atoms with Crippen LogP contribution in [0.3, 0.4) is 0 Å². The average molecular weight is 370 g/mol. The van der Waals surface area contributed by atoms with Crippen molar-refractivity contribution in [2.24, 2.45) is 4.99 Å². The molecule has 0 aromatic rings. The van der Waals surface area contributed by atoms with Crippen LogP contribution in [0.15, 0.2) is 27.4 Å². The zero-order chi connectivity index (χ0) is 14.6. The first-order valence-corrected chi connectivity index (χ1v) is 15.5. The fourth-order valence-corrected chi connectivity index (χ4v) is 18.3. The van der Waals surface area contributed by atoms with Crippen molar-refractivity contribution in [3.8, 4) is 0 Å². The molecule has 110 valence electrons. The molecule has 0 aromatic carbocycles. The minimum atomic E-state index is -2.31. The molecule has 0 rings (SSSR count). The van der Waals surface area contributed by atoms with Gasteiger partial charge in [0.2, 0.25) is 0 Å². The van der Waals surface area contributed by atoms with Gasteiger partial charge < -0.3 is 0 Å². The first kappa shape index (κ1) is 18.9. The fourth-order valence-electron chi connectivity index (χ4n) is 2.81. The molecule has 0 heterocycles. The molecule has 0 radical (unpaired) electrons. The number of nitrogens with zero attached hydrogens (tertiary/aromatic N) is 1. The Hall–Kier alpha value is -0.0513. The summed E-state index contributed by atoms with van der Waals surface area (Å²) in [7, 11) is 0. The Bertz CT molecular complexity index is 259. The van der Waals surface area contributed by atoms with Gasteiger partial charge in [0, 0.05) is 0 Å². The molecule has 2 heteroatoms. The van der Waals surface area contributed by atoms with Gasteiger partial charge in [-0.25, -0.2) is 0 Å². The van der Waals surface area contributed by atoms with Gasteiger partial charge in [-0.15, -0.1) is 0 Å². The van der Waals surface area contributed by atoms with Gasteiger partial charge in [0.05, 0.1) is 0 Å². The predicted octanol–water partition coefficient (Wildman–Crippen LogP) is 6.15. The van der Waals surface area contributed by atoms with Crippen LogP contribution in [-0.4, -0.2) is 25.1 Å². The summed E-state index contributed by atoms with van der Waals surface area (Å²) in [6, 6.07) is 0. The van der Waals surface area contributed by atoms with E-state index >= 15 is 0 Å². The molecule has 1 nitrogen and oxygen atoms in total. The normalized spacial score (nSPS) is 12.5. The van der Waals surface area contributed by atoms with Crippen molar-refractivity contribution in [3.05, 3.63) is 22.4 Å². The molecule has 0 N–H and O–H groups in total. The Kier molecular flexibility index (Phi) is 11.7. The standard InChI is InChI=1S/C5H6N.3C4H9.Sn/c1-3-4-5-6-2;3*1-3-4-2;/h3-4H,1-2H2;3*1,3-4H2,2H3;. The van der Waals surface area contributed by atoms with Crippen molar-refractivity contribution in [2.45, 2.75) is 72.6 Å². The third-order valence-corrected chi connectivity index (χ3v) is 19.3. The van der Waals surface area contributed by atoms with Gasteiger partial charge in [-0.05, 0) is 0 Å². The van der Waals surface area contributed by atoms with Gasteiger partial charge in [-0.1, -0.05) is 0 Å². The summed E-state index contributed by atoms with van der Waals surface area (Å²) in [5.74, 6) is 0. The van der Waals surface area contributed by atoms with Gasteiger partial charge in [-0.3, -0.25) is 0 Å². The number of hydrogen-bond donors (Lipinski definition) is 0. The fraction of sp³-hybridized carbons (Fsp3) is 0.706. The van der Waals surface area contributed by atoms with Crippen LogP contribution in [0.2, 0.25) is 13.3 Å². The minimum absolute atomic E-state index is 1.30. The number of rotatable bonds is 12. The molecule has 19 heavy (non-hydrogen) atoms. The second-order valence-electron chi connectivity index (χ2n) is 5.54. The van der Waals surface area contributed by atoms with Crippen LogP contribution in [0.5, 0.6) is 0 Å². The van der Waals surface area contributed by atoms with Crippen molar-refractivity contribution in [1.82, 2.24) is 0 Å². The molecule has 0 aliphatic rings. The maximum atomic E-state index is 4.44. The molecule has 0 fully saturated rings. The molecule has 0 unspecified atom stereocenters. The van der Waals surface area contributed by atoms with Gasteiger partial charge in [0.15, 0.2) is 0 Å². The van der Waals surface area contributed by atoms with Crippen molar-refractivity contribution >= 4 is 25.1 Å². The molecule has 0 spiro atoms. The number of hydrogen-bond acceptors (Lipinski definition) is 1. The first-order valence-electron chi connectivity index (χ1n) is 8.00. The van der Waals surface area contributed by atoms with E-state index in [2.05, 4.69) is 45.1 Å². The van der Waals surface area contributed by atoms with Crippen LogP contribution in [-0.2, 0) is 0 Å². The van der Waals surface area contributed by atoms with E-state index in [1.807, 2.05) is 6.08 Å². The number of allylic oxidation sites excluding steroid dienone is 2. The summed E-state index contributed by atoms with van der Waals surface area (Å²) >= 11 is -2.31. The molecule has 0 aliphatic carbocycles. The van der Waals surface area contributed by atoms with Crippen molar-refractivity contribution < 1.29 is 0 Å². The Morgan fingerprint density at radius 1 is 0.947 bits per heavy atom. The molecular weight excluding hydrogens is 337 g/mol. The summed E-state index contributed by atoms with van der Waals surface area (Å²) in [6.07, 6.45) is 12.1. The van der Waals surface area contributed by atoms with Crippen LogP contribution in [0.1, 0.15) is 59.3 Å². The third kappa shape index (κ3) is 6.78. The maximum absolute atomic E-state index is 4.44. The second kappa shape index (κ2) is 11.7. The van der Waals surface area contributed by atoms with E-state index < -0.39 is 18.4 Å². The summed E-state index contributed by atoms with van der Waals surface area (Å²) in [5.41, 5.74) is 0. The van der Waals surface area contributed by atoms with E-state index in [0.717, 1.165) is 0 Å². The molecule has 0 aliphatic heterocycles. The zero-order valence-corrected chi connectivity index (χ0v) is 16.2. The predicted molar refractivity (Wildman–Crippen MR) is 92.7 cm³/mol. The number of unbranched alkanes of at least 4 members (excludes halogenated alkanes) is 3. The van der Waals surface area contributed by atoms with Gasteiger partial charge >= 0.3 is 125 Å². The molecule has 0 amide bonds. The molecule has 0 aromatic heterocycles.